The third-order valence-electron chi connectivity index (χ3n) is 4.63. The highest BCUT2D eigenvalue weighted by atomic mass is 16.5. The zero-order valence-corrected chi connectivity index (χ0v) is 15.9. The van der Waals surface area contributed by atoms with Crippen molar-refractivity contribution in [3.63, 3.8) is 0 Å². The quantitative estimate of drug-likeness (QED) is 0.772. The van der Waals surface area contributed by atoms with E-state index in [-0.39, 0.29) is 18.4 Å². The molecule has 148 valence electrons. The average molecular weight is 378 g/mol. The number of carbonyl (C=O) groups excluding carboxylic acids is 2. The Kier molecular flexibility index (Phi) is 7.04. The van der Waals surface area contributed by atoms with Crippen molar-refractivity contribution in [2.75, 3.05) is 40.4 Å². The van der Waals surface area contributed by atoms with Crippen molar-refractivity contribution in [2.45, 2.75) is 19.8 Å². The van der Waals surface area contributed by atoms with Crippen LogP contribution in [0.25, 0.3) is 0 Å². The topological polar surface area (TPSA) is 96.4 Å². The van der Waals surface area contributed by atoms with Crippen LogP contribution in [0, 0.1) is 5.92 Å². The standard InChI is InChI=1S/C19H26N2O6/c1-4-27-15-6-5-14(11-16(15)26-3)18(23)20(2)12-17(22)21-9-7-13(8-10-21)19(24)25/h5-6,11,13H,4,7-10,12H2,1-3H3,(H,24,25). The molecule has 0 unspecified atom stereocenters. The molecule has 0 spiro atoms. The summed E-state index contributed by atoms with van der Waals surface area (Å²) < 4.78 is 10.7. The fourth-order valence-corrected chi connectivity index (χ4v) is 3.05. The predicted molar refractivity (Wildman–Crippen MR) is 98.1 cm³/mol. The summed E-state index contributed by atoms with van der Waals surface area (Å²) in [7, 11) is 3.06. The van der Waals surface area contributed by atoms with Crippen molar-refractivity contribution in [2.24, 2.45) is 5.92 Å². The van der Waals surface area contributed by atoms with Gasteiger partial charge in [0.15, 0.2) is 11.5 Å². The van der Waals surface area contributed by atoms with Crippen LogP contribution in [0.3, 0.4) is 0 Å². The van der Waals surface area contributed by atoms with Gasteiger partial charge in [0.25, 0.3) is 5.91 Å². The van der Waals surface area contributed by atoms with E-state index in [0.29, 0.717) is 49.6 Å². The zero-order valence-electron chi connectivity index (χ0n) is 15.9. The normalized spacial score (nSPS) is 14.6. The van der Waals surface area contributed by atoms with E-state index in [2.05, 4.69) is 0 Å². The number of aliphatic carboxylic acids is 1. The van der Waals surface area contributed by atoms with Crippen LogP contribution in [-0.2, 0) is 9.59 Å². The summed E-state index contributed by atoms with van der Waals surface area (Å²) in [5.74, 6) is -0.698. The fraction of sp³-hybridized carbons (Fsp3) is 0.526. The summed E-state index contributed by atoms with van der Waals surface area (Å²) in [6.07, 6.45) is 0.879. The lowest BCUT2D eigenvalue weighted by Gasteiger charge is -2.31. The molecule has 1 aromatic rings. The minimum absolute atomic E-state index is 0.0634. The second-order valence-corrected chi connectivity index (χ2v) is 6.45. The van der Waals surface area contributed by atoms with Crippen molar-refractivity contribution in [1.82, 2.24) is 9.80 Å². The lowest BCUT2D eigenvalue weighted by atomic mass is 9.97. The average Bonchev–Trinajstić information content (AvgIpc) is 2.67. The first-order valence-corrected chi connectivity index (χ1v) is 8.94. The maximum absolute atomic E-state index is 12.6. The number of piperidine rings is 1. The molecule has 1 N–H and O–H groups in total. The summed E-state index contributed by atoms with van der Waals surface area (Å²) in [6, 6.07) is 4.89. The van der Waals surface area contributed by atoms with Crippen LogP contribution in [0.15, 0.2) is 18.2 Å². The molecule has 27 heavy (non-hydrogen) atoms. The molecule has 8 heteroatoms. The van der Waals surface area contributed by atoms with Crippen molar-refractivity contribution in [1.29, 1.82) is 0 Å². The van der Waals surface area contributed by atoms with Crippen LogP contribution in [-0.4, -0.2) is 73.1 Å². The van der Waals surface area contributed by atoms with E-state index in [1.54, 1.807) is 30.1 Å². The number of amides is 2. The van der Waals surface area contributed by atoms with Gasteiger partial charge in [0.05, 0.1) is 26.2 Å². The molecule has 0 radical (unpaired) electrons. The largest absolute Gasteiger partial charge is 0.493 e. The van der Waals surface area contributed by atoms with E-state index in [1.165, 1.54) is 12.0 Å². The molecule has 2 amide bonds. The molecule has 1 heterocycles. The van der Waals surface area contributed by atoms with Gasteiger partial charge in [-0.3, -0.25) is 14.4 Å². The number of rotatable bonds is 7. The van der Waals surface area contributed by atoms with Crippen LogP contribution >= 0.6 is 0 Å². The molecular formula is C19H26N2O6. The molecule has 2 rings (SSSR count). The van der Waals surface area contributed by atoms with Crippen molar-refractivity contribution >= 4 is 17.8 Å². The summed E-state index contributed by atoms with van der Waals surface area (Å²) in [5, 5.41) is 9.03. The minimum atomic E-state index is -0.821. The molecule has 0 aliphatic carbocycles. The minimum Gasteiger partial charge on any atom is -0.493 e. The smallest absolute Gasteiger partial charge is 0.306 e. The number of carboxylic acid groups (broad SMARTS) is 1. The Hall–Kier alpha value is -2.77. The monoisotopic (exact) mass is 378 g/mol. The molecule has 1 aliphatic heterocycles. The van der Waals surface area contributed by atoms with Gasteiger partial charge in [-0.15, -0.1) is 0 Å². The summed E-state index contributed by atoms with van der Waals surface area (Å²) in [4.78, 5) is 39.0. The number of likely N-dealkylation sites (tertiary alicyclic amines) is 1. The molecule has 0 atom stereocenters. The Labute approximate surface area is 158 Å². The first-order chi connectivity index (χ1) is 12.9. The van der Waals surface area contributed by atoms with Gasteiger partial charge in [-0.05, 0) is 38.0 Å². The number of hydrogen-bond acceptors (Lipinski definition) is 5. The number of benzene rings is 1. The molecule has 1 aromatic carbocycles. The Morgan fingerprint density at radius 3 is 2.44 bits per heavy atom. The lowest BCUT2D eigenvalue weighted by molar-refractivity contribution is -0.145. The second kappa shape index (κ2) is 9.25. The highest BCUT2D eigenvalue weighted by Gasteiger charge is 2.28. The van der Waals surface area contributed by atoms with Gasteiger partial charge in [-0.25, -0.2) is 0 Å². The number of nitrogens with zero attached hydrogens (tertiary/aromatic N) is 2. The Morgan fingerprint density at radius 2 is 1.89 bits per heavy atom. The van der Waals surface area contributed by atoms with Crippen molar-refractivity contribution < 1.29 is 29.0 Å². The summed E-state index contributed by atoms with van der Waals surface area (Å²) in [5.41, 5.74) is 0.398. The van der Waals surface area contributed by atoms with Crippen LogP contribution in [0.4, 0.5) is 0 Å². The van der Waals surface area contributed by atoms with Crippen LogP contribution in [0.2, 0.25) is 0 Å². The maximum atomic E-state index is 12.6. The van der Waals surface area contributed by atoms with E-state index in [0.717, 1.165) is 0 Å². The van der Waals surface area contributed by atoms with E-state index in [4.69, 9.17) is 14.6 Å². The van der Waals surface area contributed by atoms with Crippen molar-refractivity contribution in [3.8, 4) is 11.5 Å². The van der Waals surface area contributed by atoms with Gasteiger partial charge in [0.2, 0.25) is 5.91 Å². The predicted octanol–water partition coefficient (Wildman–Crippen LogP) is 1.49. The first kappa shape index (κ1) is 20.5. The van der Waals surface area contributed by atoms with E-state index in [9.17, 15) is 14.4 Å². The van der Waals surface area contributed by atoms with Gasteiger partial charge in [-0.1, -0.05) is 0 Å². The van der Waals surface area contributed by atoms with Gasteiger partial charge in [-0.2, -0.15) is 0 Å². The Balaban J connectivity index is 1.97. The number of carboxylic acids is 1. The molecule has 1 aliphatic rings. The summed E-state index contributed by atoms with van der Waals surface area (Å²) in [6.45, 7) is 3.07. The van der Waals surface area contributed by atoms with Crippen LogP contribution in [0.1, 0.15) is 30.1 Å². The third-order valence-corrected chi connectivity index (χ3v) is 4.63. The van der Waals surface area contributed by atoms with Gasteiger partial charge in [0, 0.05) is 25.7 Å². The molecule has 8 nitrogen and oxygen atoms in total. The molecule has 0 saturated carbocycles. The highest BCUT2D eigenvalue weighted by molar-refractivity contribution is 5.97. The van der Waals surface area contributed by atoms with E-state index >= 15 is 0 Å². The summed E-state index contributed by atoms with van der Waals surface area (Å²) >= 11 is 0. The molecule has 1 fully saturated rings. The molecule has 0 bridgehead atoms. The van der Waals surface area contributed by atoms with Crippen molar-refractivity contribution in [3.05, 3.63) is 23.8 Å². The van der Waals surface area contributed by atoms with E-state index < -0.39 is 11.9 Å². The number of ether oxygens (including phenoxy) is 2. The molecule has 1 saturated heterocycles. The maximum Gasteiger partial charge on any atom is 0.306 e. The number of methoxy groups -OCH3 is 1. The van der Waals surface area contributed by atoms with Crippen LogP contribution in [0.5, 0.6) is 11.5 Å². The number of carbonyl (C=O) groups is 3. The van der Waals surface area contributed by atoms with Crippen LogP contribution < -0.4 is 9.47 Å². The number of likely N-dealkylation sites (N-methyl/N-ethyl adjacent to an activating group) is 1. The van der Waals surface area contributed by atoms with Gasteiger partial charge in [0.1, 0.15) is 0 Å². The zero-order chi connectivity index (χ0) is 20.0. The lowest BCUT2D eigenvalue weighted by Crippen LogP contribution is -2.45. The fourth-order valence-electron chi connectivity index (χ4n) is 3.05. The van der Waals surface area contributed by atoms with Gasteiger partial charge < -0.3 is 24.4 Å². The van der Waals surface area contributed by atoms with Gasteiger partial charge >= 0.3 is 5.97 Å². The third kappa shape index (κ3) is 5.12. The SMILES string of the molecule is CCOc1ccc(C(=O)N(C)CC(=O)N2CCC(C(=O)O)CC2)cc1OC. The highest BCUT2D eigenvalue weighted by Crippen LogP contribution is 2.28. The second-order valence-electron chi connectivity index (χ2n) is 6.45. The number of hydrogen-bond donors (Lipinski definition) is 1. The Morgan fingerprint density at radius 1 is 1.22 bits per heavy atom. The van der Waals surface area contributed by atoms with E-state index in [1.807, 2.05) is 6.92 Å². The first-order valence-electron chi connectivity index (χ1n) is 8.94. The molecule has 0 aromatic heterocycles. The Bertz CT molecular complexity index is 697. The molecular weight excluding hydrogens is 352 g/mol.